The van der Waals surface area contributed by atoms with Gasteiger partial charge in [0.2, 0.25) is 5.91 Å². The predicted octanol–water partition coefficient (Wildman–Crippen LogP) is 1.96. The zero-order valence-electron chi connectivity index (χ0n) is 13.9. The Balaban J connectivity index is 0.00000312. The molecule has 142 valence electrons. The SMILES string of the molecule is CC(N)C(=O)NCC(c1ccc(C(F)(F)F)cc1)N1CCOCC1.Cl. The van der Waals surface area contributed by atoms with Gasteiger partial charge in [0.25, 0.3) is 0 Å². The topological polar surface area (TPSA) is 67.6 Å². The maximum atomic E-state index is 12.7. The molecule has 1 aromatic rings. The molecule has 2 unspecified atom stereocenters. The number of carbonyl (C=O) groups is 1. The summed E-state index contributed by atoms with van der Waals surface area (Å²) >= 11 is 0. The van der Waals surface area contributed by atoms with E-state index in [1.165, 1.54) is 12.1 Å². The molecule has 0 bridgehead atoms. The Hall–Kier alpha value is -1.35. The number of amides is 1. The monoisotopic (exact) mass is 381 g/mol. The first-order chi connectivity index (χ1) is 11.3. The lowest BCUT2D eigenvalue weighted by Crippen LogP contribution is -2.46. The maximum absolute atomic E-state index is 12.7. The minimum atomic E-state index is -4.36. The Morgan fingerprint density at radius 2 is 1.84 bits per heavy atom. The molecule has 1 aromatic carbocycles. The van der Waals surface area contributed by atoms with Crippen molar-refractivity contribution in [1.82, 2.24) is 10.2 Å². The molecule has 25 heavy (non-hydrogen) atoms. The number of morpholine rings is 1. The van der Waals surface area contributed by atoms with Crippen LogP contribution in [0.2, 0.25) is 0 Å². The number of ether oxygens (including phenoxy) is 1. The molecule has 1 aliphatic rings. The highest BCUT2D eigenvalue weighted by Crippen LogP contribution is 2.31. The van der Waals surface area contributed by atoms with Crippen molar-refractivity contribution in [3.63, 3.8) is 0 Å². The van der Waals surface area contributed by atoms with Gasteiger partial charge in [0.05, 0.1) is 30.9 Å². The molecule has 9 heteroatoms. The lowest BCUT2D eigenvalue weighted by atomic mass is 10.0. The van der Waals surface area contributed by atoms with E-state index in [1.54, 1.807) is 6.92 Å². The van der Waals surface area contributed by atoms with Crippen molar-refractivity contribution >= 4 is 18.3 Å². The van der Waals surface area contributed by atoms with E-state index >= 15 is 0 Å². The summed E-state index contributed by atoms with van der Waals surface area (Å²) in [5.41, 5.74) is 5.57. The molecule has 0 saturated carbocycles. The number of nitrogens with two attached hydrogens (primary N) is 1. The third kappa shape index (κ3) is 6.14. The molecule has 2 rings (SSSR count). The van der Waals surface area contributed by atoms with Gasteiger partial charge in [-0.25, -0.2) is 0 Å². The molecule has 0 aromatic heterocycles. The predicted molar refractivity (Wildman–Crippen MR) is 90.5 cm³/mol. The van der Waals surface area contributed by atoms with E-state index in [-0.39, 0.29) is 30.9 Å². The molecular formula is C16H23ClF3N3O2. The first kappa shape index (κ1) is 21.7. The van der Waals surface area contributed by atoms with E-state index in [0.29, 0.717) is 26.3 Å². The summed E-state index contributed by atoms with van der Waals surface area (Å²) in [5.74, 6) is -0.292. The summed E-state index contributed by atoms with van der Waals surface area (Å²) in [6.07, 6.45) is -4.36. The number of nitrogens with zero attached hydrogens (tertiary/aromatic N) is 1. The summed E-state index contributed by atoms with van der Waals surface area (Å²) in [6.45, 7) is 4.28. The van der Waals surface area contributed by atoms with E-state index in [9.17, 15) is 18.0 Å². The number of benzene rings is 1. The molecule has 1 aliphatic heterocycles. The van der Waals surface area contributed by atoms with Crippen molar-refractivity contribution < 1.29 is 22.7 Å². The highest BCUT2D eigenvalue weighted by atomic mass is 35.5. The molecule has 0 radical (unpaired) electrons. The summed E-state index contributed by atoms with van der Waals surface area (Å²) in [4.78, 5) is 13.8. The summed E-state index contributed by atoms with van der Waals surface area (Å²) < 4.78 is 43.5. The van der Waals surface area contributed by atoms with Crippen LogP contribution in [0.5, 0.6) is 0 Å². The number of nitrogens with one attached hydrogen (secondary N) is 1. The van der Waals surface area contributed by atoms with Crippen LogP contribution in [0, 0.1) is 0 Å². The molecule has 1 amide bonds. The van der Waals surface area contributed by atoms with Gasteiger partial charge in [-0.3, -0.25) is 9.69 Å². The van der Waals surface area contributed by atoms with Crippen molar-refractivity contribution in [3.05, 3.63) is 35.4 Å². The fourth-order valence-corrected chi connectivity index (χ4v) is 2.60. The van der Waals surface area contributed by atoms with Crippen molar-refractivity contribution in [1.29, 1.82) is 0 Å². The van der Waals surface area contributed by atoms with Crippen LogP contribution in [0.1, 0.15) is 24.1 Å². The molecule has 0 spiro atoms. The quantitative estimate of drug-likeness (QED) is 0.818. The smallest absolute Gasteiger partial charge is 0.379 e. The third-order valence-corrected chi connectivity index (χ3v) is 3.99. The molecular weight excluding hydrogens is 359 g/mol. The number of hydrogen-bond donors (Lipinski definition) is 2. The Labute approximate surface area is 151 Å². The van der Waals surface area contributed by atoms with Crippen molar-refractivity contribution in [2.24, 2.45) is 5.73 Å². The standard InChI is InChI=1S/C16H22F3N3O2.ClH/c1-11(20)15(23)21-10-14(22-6-8-24-9-7-22)12-2-4-13(5-3-12)16(17,18)19;/h2-5,11,14H,6-10,20H2,1H3,(H,21,23);1H. The Morgan fingerprint density at radius 1 is 1.28 bits per heavy atom. The van der Waals surface area contributed by atoms with Gasteiger partial charge in [-0.1, -0.05) is 12.1 Å². The highest BCUT2D eigenvalue weighted by Gasteiger charge is 2.31. The van der Waals surface area contributed by atoms with Gasteiger partial charge in [0.15, 0.2) is 0 Å². The van der Waals surface area contributed by atoms with Gasteiger partial charge in [-0.15, -0.1) is 12.4 Å². The van der Waals surface area contributed by atoms with Gasteiger partial charge in [0, 0.05) is 19.6 Å². The van der Waals surface area contributed by atoms with E-state index in [0.717, 1.165) is 17.7 Å². The number of carbonyl (C=O) groups excluding carboxylic acids is 1. The van der Waals surface area contributed by atoms with Gasteiger partial charge >= 0.3 is 6.18 Å². The van der Waals surface area contributed by atoms with Crippen LogP contribution in [0.25, 0.3) is 0 Å². The van der Waals surface area contributed by atoms with Crippen molar-refractivity contribution in [3.8, 4) is 0 Å². The molecule has 2 atom stereocenters. The fraction of sp³-hybridized carbons (Fsp3) is 0.562. The number of rotatable bonds is 5. The normalized spacial score (nSPS) is 18.1. The number of halogens is 4. The summed E-state index contributed by atoms with van der Waals surface area (Å²) in [6, 6.07) is 4.19. The second kappa shape index (κ2) is 9.38. The summed E-state index contributed by atoms with van der Waals surface area (Å²) in [5, 5.41) is 2.75. The number of alkyl halides is 3. The molecule has 0 aliphatic carbocycles. The number of hydrogen-bond acceptors (Lipinski definition) is 4. The van der Waals surface area contributed by atoms with Crippen LogP contribution >= 0.6 is 12.4 Å². The average Bonchev–Trinajstić information content (AvgIpc) is 2.55. The van der Waals surface area contributed by atoms with Crippen LogP contribution in [0.4, 0.5) is 13.2 Å². The van der Waals surface area contributed by atoms with E-state index in [4.69, 9.17) is 10.5 Å². The second-order valence-corrected chi connectivity index (χ2v) is 5.82. The van der Waals surface area contributed by atoms with Gasteiger partial charge in [-0.2, -0.15) is 13.2 Å². The van der Waals surface area contributed by atoms with Crippen LogP contribution in [-0.4, -0.2) is 49.7 Å². The van der Waals surface area contributed by atoms with Gasteiger partial charge in [-0.05, 0) is 24.6 Å². The average molecular weight is 382 g/mol. The van der Waals surface area contributed by atoms with Crippen molar-refractivity contribution in [2.45, 2.75) is 25.2 Å². The summed E-state index contributed by atoms with van der Waals surface area (Å²) in [7, 11) is 0. The maximum Gasteiger partial charge on any atom is 0.416 e. The lowest BCUT2D eigenvalue weighted by Gasteiger charge is -2.35. The first-order valence-corrected chi connectivity index (χ1v) is 7.81. The zero-order chi connectivity index (χ0) is 17.7. The van der Waals surface area contributed by atoms with Crippen LogP contribution in [0.15, 0.2) is 24.3 Å². The molecule has 1 saturated heterocycles. The van der Waals surface area contributed by atoms with E-state index < -0.39 is 17.8 Å². The molecule has 1 heterocycles. The molecule has 1 fully saturated rings. The van der Waals surface area contributed by atoms with Crippen LogP contribution in [0.3, 0.4) is 0 Å². The zero-order valence-corrected chi connectivity index (χ0v) is 14.7. The molecule has 3 N–H and O–H groups in total. The Morgan fingerprint density at radius 3 is 2.32 bits per heavy atom. The largest absolute Gasteiger partial charge is 0.416 e. The molecule has 5 nitrogen and oxygen atoms in total. The van der Waals surface area contributed by atoms with Crippen molar-refractivity contribution in [2.75, 3.05) is 32.8 Å². The first-order valence-electron chi connectivity index (χ1n) is 7.81. The third-order valence-electron chi connectivity index (χ3n) is 3.99. The highest BCUT2D eigenvalue weighted by molar-refractivity contribution is 5.85. The van der Waals surface area contributed by atoms with Gasteiger partial charge in [0.1, 0.15) is 0 Å². The fourth-order valence-electron chi connectivity index (χ4n) is 2.60. The Bertz CT molecular complexity index is 547. The Kier molecular flexibility index (Phi) is 8.14. The van der Waals surface area contributed by atoms with Gasteiger partial charge < -0.3 is 15.8 Å². The van der Waals surface area contributed by atoms with E-state index in [1.807, 2.05) is 0 Å². The van der Waals surface area contributed by atoms with Crippen LogP contribution in [-0.2, 0) is 15.7 Å². The second-order valence-electron chi connectivity index (χ2n) is 5.82. The van der Waals surface area contributed by atoms with E-state index in [2.05, 4.69) is 10.2 Å². The minimum absolute atomic E-state index is 0. The minimum Gasteiger partial charge on any atom is -0.379 e. The van der Waals surface area contributed by atoms with Crippen LogP contribution < -0.4 is 11.1 Å². The lowest BCUT2D eigenvalue weighted by molar-refractivity contribution is -0.137.